The zero-order chi connectivity index (χ0) is 20.4. The van der Waals surface area contributed by atoms with E-state index in [1.54, 1.807) is 37.9 Å². The first-order valence-electron chi connectivity index (χ1n) is 9.04. The first-order valence-corrected chi connectivity index (χ1v) is 9.04. The van der Waals surface area contributed by atoms with Gasteiger partial charge in [0.1, 0.15) is 5.82 Å². The predicted octanol–water partition coefficient (Wildman–Crippen LogP) is 4.36. The number of nitrogens with zero attached hydrogens (tertiary/aromatic N) is 3. The molecule has 0 atom stereocenters. The first-order chi connectivity index (χ1) is 14.1. The number of hydrogen-bond acceptors (Lipinski definition) is 6. The van der Waals surface area contributed by atoms with Crippen molar-refractivity contribution in [1.29, 1.82) is 0 Å². The highest BCUT2D eigenvalue weighted by Gasteiger charge is 2.11. The van der Waals surface area contributed by atoms with Crippen LogP contribution in [0.5, 0.6) is 11.5 Å². The quantitative estimate of drug-likeness (QED) is 0.495. The molecule has 146 valence electrons. The Bertz CT molecular complexity index is 1200. The average molecular weight is 388 g/mol. The molecule has 2 aromatic carbocycles. The Kier molecular flexibility index (Phi) is 4.87. The summed E-state index contributed by atoms with van der Waals surface area (Å²) in [4.78, 5) is 16.4. The Hall–Kier alpha value is -3.87. The fourth-order valence-corrected chi connectivity index (χ4v) is 3.11. The lowest BCUT2D eigenvalue weighted by molar-refractivity contribution is 0.101. The molecular formula is C22H20N4O3. The number of carbonyl (C=O) groups excluding carboxylic acids is 1. The van der Waals surface area contributed by atoms with Gasteiger partial charge in [0.25, 0.3) is 0 Å². The van der Waals surface area contributed by atoms with Crippen LogP contribution in [0.3, 0.4) is 0 Å². The number of carbonyl (C=O) groups is 1. The van der Waals surface area contributed by atoms with Gasteiger partial charge in [0.2, 0.25) is 0 Å². The Morgan fingerprint density at radius 1 is 1.03 bits per heavy atom. The zero-order valence-electron chi connectivity index (χ0n) is 16.3. The van der Waals surface area contributed by atoms with Gasteiger partial charge in [-0.3, -0.25) is 4.79 Å². The number of rotatable bonds is 6. The highest BCUT2D eigenvalue weighted by molar-refractivity contribution is 5.95. The summed E-state index contributed by atoms with van der Waals surface area (Å²) >= 11 is 0. The number of anilines is 2. The molecule has 0 bridgehead atoms. The maximum Gasteiger partial charge on any atom is 0.165 e. The van der Waals surface area contributed by atoms with E-state index in [0.717, 1.165) is 16.8 Å². The summed E-state index contributed by atoms with van der Waals surface area (Å²) in [5.74, 6) is 1.97. The topological polar surface area (TPSA) is 77.8 Å². The van der Waals surface area contributed by atoms with Crippen LogP contribution in [0, 0.1) is 0 Å². The molecule has 0 aliphatic heterocycles. The van der Waals surface area contributed by atoms with Crippen LogP contribution in [0.4, 0.5) is 11.5 Å². The van der Waals surface area contributed by atoms with Gasteiger partial charge in [-0.15, -0.1) is 0 Å². The van der Waals surface area contributed by atoms with Crippen LogP contribution in [0.15, 0.2) is 60.9 Å². The maximum atomic E-state index is 11.7. The zero-order valence-corrected chi connectivity index (χ0v) is 16.3. The fraction of sp³-hybridized carbons (Fsp3) is 0.136. The molecule has 2 heterocycles. The second-order valence-electron chi connectivity index (χ2n) is 6.47. The monoisotopic (exact) mass is 388 g/mol. The van der Waals surface area contributed by atoms with Crippen LogP contribution in [-0.2, 0) is 0 Å². The van der Waals surface area contributed by atoms with Crippen LogP contribution in [0.1, 0.15) is 17.3 Å². The molecule has 0 aliphatic carbocycles. The van der Waals surface area contributed by atoms with Gasteiger partial charge in [-0.05, 0) is 36.8 Å². The Balaban J connectivity index is 1.71. The van der Waals surface area contributed by atoms with E-state index in [1.165, 1.54) is 0 Å². The van der Waals surface area contributed by atoms with Gasteiger partial charge < -0.3 is 14.8 Å². The van der Waals surface area contributed by atoms with E-state index in [0.29, 0.717) is 28.5 Å². The number of ketones is 1. The van der Waals surface area contributed by atoms with Crippen LogP contribution in [0.2, 0.25) is 0 Å². The van der Waals surface area contributed by atoms with Crippen molar-refractivity contribution in [1.82, 2.24) is 14.6 Å². The number of ether oxygens (including phenoxy) is 2. The number of nitrogens with one attached hydrogen (secondary N) is 1. The highest BCUT2D eigenvalue weighted by atomic mass is 16.5. The molecule has 0 saturated heterocycles. The van der Waals surface area contributed by atoms with E-state index in [9.17, 15) is 4.79 Å². The fourth-order valence-electron chi connectivity index (χ4n) is 3.11. The minimum Gasteiger partial charge on any atom is -0.493 e. The minimum absolute atomic E-state index is 0.0205. The molecule has 0 spiro atoms. The molecule has 7 heteroatoms. The van der Waals surface area contributed by atoms with Crippen molar-refractivity contribution < 1.29 is 14.3 Å². The highest BCUT2D eigenvalue weighted by Crippen LogP contribution is 2.31. The average Bonchev–Trinajstić information content (AvgIpc) is 3.17. The van der Waals surface area contributed by atoms with Gasteiger partial charge in [-0.25, -0.2) is 9.50 Å². The standard InChI is InChI=1S/C22H20N4O3/c1-14(27)15-5-4-6-16(11-15)18-13-23-26-10-9-21(25-22(18)26)24-17-7-8-19(28-2)20(12-17)29-3/h4-13H,1-3H3,(H,24,25). The maximum absolute atomic E-state index is 11.7. The van der Waals surface area contributed by atoms with E-state index in [2.05, 4.69) is 10.4 Å². The summed E-state index contributed by atoms with van der Waals surface area (Å²) < 4.78 is 12.3. The SMILES string of the molecule is COc1ccc(Nc2ccn3ncc(-c4cccc(C(C)=O)c4)c3n2)cc1OC. The summed E-state index contributed by atoms with van der Waals surface area (Å²) in [5.41, 5.74) is 3.91. The van der Waals surface area contributed by atoms with Crippen molar-refractivity contribution in [3.63, 3.8) is 0 Å². The van der Waals surface area contributed by atoms with Crippen LogP contribution >= 0.6 is 0 Å². The molecule has 0 fully saturated rings. The van der Waals surface area contributed by atoms with E-state index in [4.69, 9.17) is 14.5 Å². The molecule has 29 heavy (non-hydrogen) atoms. The number of aromatic nitrogens is 3. The number of methoxy groups -OCH3 is 2. The third-order valence-corrected chi connectivity index (χ3v) is 4.61. The Labute approximate surface area is 167 Å². The number of benzene rings is 2. The Morgan fingerprint density at radius 2 is 1.86 bits per heavy atom. The van der Waals surface area contributed by atoms with Gasteiger partial charge in [-0.1, -0.05) is 18.2 Å². The van der Waals surface area contributed by atoms with Gasteiger partial charge in [0.05, 0.1) is 20.4 Å². The summed E-state index contributed by atoms with van der Waals surface area (Å²) in [6.45, 7) is 1.55. The van der Waals surface area contributed by atoms with Crippen molar-refractivity contribution in [2.75, 3.05) is 19.5 Å². The number of fused-ring (bicyclic) bond motifs is 1. The summed E-state index contributed by atoms with van der Waals surface area (Å²) in [6.07, 6.45) is 3.59. The van der Waals surface area contributed by atoms with Crippen LogP contribution < -0.4 is 14.8 Å². The number of Topliss-reactive ketones (excluding diaryl/α,β-unsaturated/α-hetero) is 1. The normalized spacial score (nSPS) is 10.7. The van der Waals surface area contributed by atoms with Gasteiger partial charge in [-0.2, -0.15) is 5.10 Å². The lowest BCUT2D eigenvalue weighted by Gasteiger charge is -2.11. The first kappa shape index (κ1) is 18.5. The van der Waals surface area contributed by atoms with Gasteiger partial charge in [0, 0.05) is 29.1 Å². The van der Waals surface area contributed by atoms with Crippen molar-refractivity contribution in [2.45, 2.75) is 6.92 Å². The number of hydrogen-bond donors (Lipinski definition) is 1. The molecule has 0 aliphatic rings. The van der Waals surface area contributed by atoms with E-state index in [1.807, 2.05) is 48.7 Å². The van der Waals surface area contributed by atoms with E-state index >= 15 is 0 Å². The summed E-state index contributed by atoms with van der Waals surface area (Å²) in [7, 11) is 3.20. The van der Waals surface area contributed by atoms with Crippen molar-refractivity contribution in [3.8, 4) is 22.6 Å². The van der Waals surface area contributed by atoms with Gasteiger partial charge >= 0.3 is 0 Å². The molecule has 0 unspecified atom stereocenters. The van der Waals surface area contributed by atoms with E-state index < -0.39 is 0 Å². The molecule has 0 radical (unpaired) electrons. The predicted molar refractivity (Wildman–Crippen MR) is 111 cm³/mol. The smallest absolute Gasteiger partial charge is 0.165 e. The summed E-state index contributed by atoms with van der Waals surface area (Å²) in [6, 6.07) is 14.9. The third kappa shape index (κ3) is 3.62. The molecule has 0 saturated carbocycles. The second-order valence-corrected chi connectivity index (χ2v) is 6.47. The van der Waals surface area contributed by atoms with Crippen molar-refractivity contribution in [3.05, 3.63) is 66.5 Å². The van der Waals surface area contributed by atoms with Crippen molar-refractivity contribution in [2.24, 2.45) is 0 Å². The van der Waals surface area contributed by atoms with Gasteiger partial charge in [0.15, 0.2) is 22.9 Å². The van der Waals surface area contributed by atoms with E-state index in [-0.39, 0.29) is 5.78 Å². The van der Waals surface area contributed by atoms with Crippen molar-refractivity contribution >= 4 is 22.9 Å². The second kappa shape index (κ2) is 7.63. The molecule has 4 aromatic rings. The lowest BCUT2D eigenvalue weighted by atomic mass is 10.0. The molecule has 2 aromatic heterocycles. The lowest BCUT2D eigenvalue weighted by Crippen LogP contribution is -1.98. The molecule has 0 amide bonds. The molecule has 4 rings (SSSR count). The third-order valence-electron chi connectivity index (χ3n) is 4.61. The molecule has 1 N–H and O–H groups in total. The largest absolute Gasteiger partial charge is 0.493 e. The minimum atomic E-state index is 0.0205. The molecular weight excluding hydrogens is 368 g/mol. The van der Waals surface area contributed by atoms with Crippen LogP contribution in [0.25, 0.3) is 16.8 Å². The van der Waals surface area contributed by atoms with Crippen LogP contribution in [-0.4, -0.2) is 34.6 Å². The molecule has 7 nitrogen and oxygen atoms in total. The Morgan fingerprint density at radius 3 is 2.62 bits per heavy atom. The summed E-state index contributed by atoms with van der Waals surface area (Å²) in [5, 5.41) is 7.65.